The van der Waals surface area contributed by atoms with Crippen molar-refractivity contribution in [1.29, 1.82) is 0 Å². The van der Waals surface area contributed by atoms with E-state index in [2.05, 4.69) is 4.98 Å². The monoisotopic (exact) mass is 258 g/mol. The Bertz CT molecular complexity index is 629. The van der Waals surface area contributed by atoms with Crippen LogP contribution >= 0.6 is 0 Å². The summed E-state index contributed by atoms with van der Waals surface area (Å²) in [4.78, 5) is 15.3. The summed E-state index contributed by atoms with van der Waals surface area (Å²) < 4.78 is 15.5. The first-order chi connectivity index (χ1) is 9.22. The smallest absolute Gasteiger partial charge is 0.153 e. The summed E-state index contributed by atoms with van der Waals surface area (Å²) in [6.45, 7) is 1.97. The van der Waals surface area contributed by atoms with Crippen LogP contribution in [0.1, 0.15) is 47.3 Å². The second-order valence-electron chi connectivity index (χ2n) is 4.95. The maximum Gasteiger partial charge on any atom is 0.153 e. The van der Waals surface area contributed by atoms with Crippen LogP contribution in [0.4, 0.5) is 4.39 Å². The predicted octanol–water partition coefficient (Wildman–Crippen LogP) is 3.26. The molecule has 19 heavy (non-hydrogen) atoms. The molecule has 4 heteroatoms. The van der Waals surface area contributed by atoms with Crippen LogP contribution in [0.3, 0.4) is 0 Å². The molecule has 0 spiro atoms. The molecule has 98 valence electrons. The number of carbonyl (C=O) groups excluding carboxylic acids is 1. The van der Waals surface area contributed by atoms with Crippen molar-refractivity contribution < 1.29 is 9.18 Å². The van der Waals surface area contributed by atoms with Gasteiger partial charge in [0.05, 0.1) is 23.3 Å². The van der Waals surface area contributed by atoms with Crippen LogP contribution in [-0.4, -0.2) is 15.8 Å². The molecule has 1 saturated carbocycles. The minimum Gasteiger partial charge on any atom is -0.306 e. The van der Waals surface area contributed by atoms with Crippen molar-refractivity contribution in [2.75, 3.05) is 0 Å². The van der Waals surface area contributed by atoms with Gasteiger partial charge in [0.2, 0.25) is 0 Å². The zero-order valence-corrected chi connectivity index (χ0v) is 10.8. The molecule has 0 N–H and O–H groups in total. The minimum atomic E-state index is -0.460. The van der Waals surface area contributed by atoms with Crippen LogP contribution in [0.2, 0.25) is 0 Å². The Morgan fingerprint density at radius 2 is 2.26 bits per heavy atom. The average molecular weight is 258 g/mol. The normalized spacial score (nSPS) is 14.6. The molecular weight excluding hydrogens is 243 g/mol. The van der Waals surface area contributed by atoms with Crippen molar-refractivity contribution in [3.05, 3.63) is 47.3 Å². The summed E-state index contributed by atoms with van der Waals surface area (Å²) in [5, 5.41) is 0. The van der Waals surface area contributed by atoms with E-state index in [0.29, 0.717) is 18.6 Å². The fourth-order valence-electron chi connectivity index (χ4n) is 2.29. The Balaban J connectivity index is 2.08. The van der Waals surface area contributed by atoms with Crippen LogP contribution in [0.25, 0.3) is 5.69 Å². The summed E-state index contributed by atoms with van der Waals surface area (Å²) in [7, 11) is 0. The molecule has 1 heterocycles. The lowest BCUT2D eigenvalue weighted by Gasteiger charge is -2.10. The standard InChI is InChI=1S/C15H15FN2O/c1-2-10-5-13(16)12(8-19)6-15(10)18-7-14(17-9-18)11-3-4-11/h5-9,11H,2-4H2,1H3. The van der Waals surface area contributed by atoms with E-state index in [9.17, 15) is 9.18 Å². The number of aryl methyl sites for hydroxylation is 1. The molecular formula is C15H15FN2O. The molecule has 0 unspecified atom stereocenters. The predicted molar refractivity (Wildman–Crippen MR) is 70.3 cm³/mol. The van der Waals surface area contributed by atoms with Crippen LogP contribution in [-0.2, 0) is 6.42 Å². The molecule has 3 rings (SSSR count). The van der Waals surface area contributed by atoms with E-state index in [-0.39, 0.29) is 5.56 Å². The summed E-state index contributed by atoms with van der Waals surface area (Å²) in [6, 6.07) is 3.04. The third-order valence-electron chi connectivity index (χ3n) is 3.58. The molecule has 1 aliphatic carbocycles. The molecule has 0 atom stereocenters. The highest BCUT2D eigenvalue weighted by atomic mass is 19.1. The highest BCUT2D eigenvalue weighted by molar-refractivity contribution is 5.77. The molecule has 0 aliphatic heterocycles. The molecule has 1 fully saturated rings. The molecule has 3 nitrogen and oxygen atoms in total. The fraction of sp³-hybridized carbons (Fsp3) is 0.333. The van der Waals surface area contributed by atoms with Crippen molar-refractivity contribution in [3.63, 3.8) is 0 Å². The van der Waals surface area contributed by atoms with E-state index >= 15 is 0 Å². The fourth-order valence-corrected chi connectivity index (χ4v) is 2.29. The number of nitrogens with zero attached hydrogens (tertiary/aromatic N) is 2. The van der Waals surface area contributed by atoms with Gasteiger partial charge < -0.3 is 4.57 Å². The number of hydrogen-bond donors (Lipinski definition) is 0. The summed E-state index contributed by atoms with van der Waals surface area (Å²) in [5.41, 5.74) is 2.89. The van der Waals surface area contributed by atoms with Gasteiger partial charge >= 0.3 is 0 Å². The topological polar surface area (TPSA) is 34.9 Å². The highest BCUT2D eigenvalue weighted by Crippen LogP contribution is 2.39. The number of hydrogen-bond acceptors (Lipinski definition) is 2. The van der Waals surface area contributed by atoms with E-state index in [1.807, 2.05) is 17.7 Å². The number of imidazole rings is 1. The average Bonchev–Trinajstić information content (AvgIpc) is 3.16. The van der Waals surface area contributed by atoms with Gasteiger partial charge in [0.1, 0.15) is 5.82 Å². The molecule has 0 bridgehead atoms. The van der Waals surface area contributed by atoms with Gasteiger partial charge in [-0.3, -0.25) is 4.79 Å². The first-order valence-corrected chi connectivity index (χ1v) is 6.54. The largest absolute Gasteiger partial charge is 0.306 e. The second kappa shape index (κ2) is 4.61. The Labute approximate surface area is 111 Å². The second-order valence-corrected chi connectivity index (χ2v) is 4.95. The Morgan fingerprint density at radius 1 is 1.47 bits per heavy atom. The molecule has 1 aromatic carbocycles. The number of benzene rings is 1. The quantitative estimate of drug-likeness (QED) is 0.789. The van der Waals surface area contributed by atoms with Crippen molar-refractivity contribution in [3.8, 4) is 5.69 Å². The lowest BCUT2D eigenvalue weighted by molar-refractivity contribution is 0.112. The van der Waals surface area contributed by atoms with Crippen LogP contribution in [0.15, 0.2) is 24.7 Å². The number of aldehydes is 1. The zero-order chi connectivity index (χ0) is 13.4. The van der Waals surface area contributed by atoms with Gasteiger partial charge in [-0.25, -0.2) is 9.37 Å². The third-order valence-corrected chi connectivity index (χ3v) is 3.58. The molecule has 1 aliphatic rings. The maximum atomic E-state index is 13.6. The number of carbonyl (C=O) groups is 1. The van der Waals surface area contributed by atoms with Crippen molar-refractivity contribution in [2.24, 2.45) is 0 Å². The lowest BCUT2D eigenvalue weighted by atomic mass is 10.1. The van der Waals surface area contributed by atoms with E-state index < -0.39 is 5.82 Å². The summed E-state index contributed by atoms with van der Waals surface area (Å²) in [5.74, 6) is 0.121. The first kappa shape index (κ1) is 12.1. The Morgan fingerprint density at radius 3 is 2.89 bits per heavy atom. The Hall–Kier alpha value is -1.97. The molecule has 0 amide bonds. The van der Waals surface area contributed by atoms with E-state index in [4.69, 9.17) is 0 Å². The lowest BCUT2D eigenvalue weighted by Crippen LogP contribution is -2.01. The summed E-state index contributed by atoms with van der Waals surface area (Å²) in [6.07, 6.45) is 7.38. The molecule has 0 saturated heterocycles. The number of aromatic nitrogens is 2. The summed E-state index contributed by atoms with van der Waals surface area (Å²) >= 11 is 0. The van der Waals surface area contributed by atoms with Crippen molar-refractivity contribution in [2.45, 2.75) is 32.1 Å². The molecule has 1 aromatic heterocycles. The maximum absolute atomic E-state index is 13.6. The van der Waals surface area contributed by atoms with Gasteiger partial charge in [-0.15, -0.1) is 0 Å². The van der Waals surface area contributed by atoms with Crippen LogP contribution in [0, 0.1) is 5.82 Å². The van der Waals surface area contributed by atoms with Gasteiger partial charge in [0.25, 0.3) is 0 Å². The minimum absolute atomic E-state index is 0.0915. The van der Waals surface area contributed by atoms with Gasteiger partial charge in [0.15, 0.2) is 6.29 Å². The van der Waals surface area contributed by atoms with E-state index in [1.165, 1.54) is 18.9 Å². The van der Waals surface area contributed by atoms with Gasteiger partial charge in [-0.2, -0.15) is 0 Å². The molecule has 0 radical (unpaired) electrons. The zero-order valence-electron chi connectivity index (χ0n) is 10.8. The van der Waals surface area contributed by atoms with Crippen LogP contribution in [0.5, 0.6) is 0 Å². The third kappa shape index (κ3) is 2.18. The van der Waals surface area contributed by atoms with Crippen LogP contribution < -0.4 is 0 Å². The van der Waals surface area contributed by atoms with Gasteiger partial charge in [0, 0.05) is 12.1 Å². The Kier molecular flexibility index (Phi) is 2.93. The van der Waals surface area contributed by atoms with Crippen molar-refractivity contribution in [1.82, 2.24) is 9.55 Å². The number of halogens is 1. The SMILES string of the molecule is CCc1cc(F)c(C=O)cc1-n1cnc(C2CC2)c1. The van der Waals surface area contributed by atoms with Gasteiger partial charge in [-0.05, 0) is 37.0 Å². The van der Waals surface area contributed by atoms with E-state index in [0.717, 1.165) is 16.9 Å². The van der Waals surface area contributed by atoms with Gasteiger partial charge in [-0.1, -0.05) is 6.92 Å². The highest BCUT2D eigenvalue weighted by Gasteiger charge is 2.26. The number of rotatable bonds is 4. The molecule has 2 aromatic rings. The van der Waals surface area contributed by atoms with Crippen molar-refractivity contribution >= 4 is 6.29 Å². The first-order valence-electron chi connectivity index (χ1n) is 6.54. The van der Waals surface area contributed by atoms with E-state index in [1.54, 1.807) is 12.4 Å².